The minimum atomic E-state index is -1.55. The van der Waals surface area contributed by atoms with E-state index in [2.05, 4.69) is 16.0 Å². The summed E-state index contributed by atoms with van der Waals surface area (Å²) in [6.45, 7) is 1.91. The van der Waals surface area contributed by atoms with Crippen LogP contribution in [0, 0.1) is 11.8 Å². The summed E-state index contributed by atoms with van der Waals surface area (Å²) >= 11 is 0. The largest absolute Gasteiger partial charge is 0.462 e. The fraction of sp³-hybridized carbons (Fsp3) is 0.591. The second-order valence-electron chi connectivity index (χ2n) is 8.81. The maximum atomic E-state index is 13.0. The van der Waals surface area contributed by atoms with Gasteiger partial charge in [-0.3, -0.25) is 5.32 Å². The van der Waals surface area contributed by atoms with Crippen LogP contribution < -0.4 is 27.2 Å². The lowest BCUT2D eigenvalue weighted by molar-refractivity contribution is -0.141. The average Bonchev–Trinajstić information content (AvgIpc) is 3.41. The van der Waals surface area contributed by atoms with E-state index in [9.17, 15) is 14.7 Å². The molecule has 0 amide bonds. The van der Waals surface area contributed by atoms with E-state index in [0.717, 1.165) is 19.3 Å². The van der Waals surface area contributed by atoms with Gasteiger partial charge in [-0.2, -0.15) is 5.10 Å². The number of amidine groups is 1. The molecule has 1 aliphatic carbocycles. The van der Waals surface area contributed by atoms with E-state index in [0.29, 0.717) is 31.0 Å². The fourth-order valence-electron chi connectivity index (χ4n) is 5.19. The number of esters is 2. The number of ether oxygens (including phenoxy) is 3. The number of nitrogens with zero attached hydrogens (tertiary/aromatic N) is 1. The van der Waals surface area contributed by atoms with Gasteiger partial charge in [-0.1, -0.05) is 12.1 Å². The summed E-state index contributed by atoms with van der Waals surface area (Å²) < 4.78 is 16.4. The Morgan fingerprint density at radius 3 is 2.91 bits per heavy atom. The smallest absolute Gasteiger partial charge is 0.341 e. The van der Waals surface area contributed by atoms with E-state index < -0.39 is 29.5 Å². The molecule has 1 spiro atoms. The van der Waals surface area contributed by atoms with Gasteiger partial charge in [-0.25, -0.2) is 21.0 Å². The Hall–Kier alpha value is -2.73. The van der Waals surface area contributed by atoms with Crippen LogP contribution in [0.15, 0.2) is 29.4 Å². The molecule has 1 saturated carbocycles. The molecule has 7 N–H and O–H groups in total. The third kappa shape index (κ3) is 4.54. The molecular weight excluding hydrogens is 430 g/mol. The Labute approximate surface area is 191 Å². The standard InChI is InChI=1S/C22H31N5O6/c1-2-31-19(28)15-5-3-4-6-17(15)32-20(29)16-12-14-11-13(7-8-18(23)26-27-24)9-10-21(14)22(30,25-16)33-21/h3-6,13-14,16,25,27,30H,2,7-12,24H2,1H3,(H2,23,26). The highest BCUT2D eigenvalue weighted by Crippen LogP contribution is 2.61. The highest BCUT2D eigenvalue weighted by Gasteiger charge is 2.77. The molecule has 4 rings (SSSR count). The van der Waals surface area contributed by atoms with E-state index in [1.165, 1.54) is 0 Å². The van der Waals surface area contributed by atoms with Crippen molar-refractivity contribution in [3.05, 3.63) is 29.8 Å². The molecule has 0 bridgehead atoms. The second kappa shape index (κ2) is 9.26. The van der Waals surface area contributed by atoms with Crippen LogP contribution in [0.25, 0.3) is 0 Å². The molecule has 5 unspecified atom stereocenters. The number of piperidine rings is 1. The molecule has 11 heteroatoms. The predicted octanol–water partition coefficient (Wildman–Crippen LogP) is 0.478. The third-order valence-electron chi connectivity index (χ3n) is 6.85. The number of hydrazine groups is 1. The molecule has 1 aromatic carbocycles. The molecule has 0 aromatic heterocycles. The minimum Gasteiger partial charge on any atom is -0.462 e. The zero-order valence-corrected chi connectivity index (χ0v) is 18.6. The number of benzene rings is 1. The SMILES string of the molecule is CCOC(=O)c1ccccc1OC(=O)C1CC2CC(CC/C(N)=N/NN)CCC23OC3(O)N1. The number of hydrogen-bond acceptors (Lipinski definition) is 10. The van der Waals surface area contributed by atoms with Crippen molar-refractivity contribution < 1.29 is 28.9 Å². The van der Waals surface area contributed by atoms with Crippen LogP contribution >= 0.6 is 0 Å². The van der Waals surface area contributed by atoms with E-state index in [-0.39, 0.29) is 23.8 Å². The normalized spacial score (nSPS) is 32.8. The number of epoxide rings is 1. The fourth-order valence-corrected chi connectivity index (χ4v) is 5.19. The number of carbonyl (C=O) groups is 2. The first kappa shape index (κ1) is 23.4. The third-order valence-corrected chi connectivity index (χ3v) is 6.85. The highest BCUT2D eigenvalue weighted by atomic mass is 16.8. The lowest BCUT2D eigenvalue weighted by Crippen LogP contribution is -2.59. The monoisotopic (exact) mass is 461 g/mol. The summed E-state index contributed by atoms with van der Waals surface area (Å²) in [5.41, 5.74) is 7.50. The van der Waals surface area contributed by atoms with Crippen molar-refractivity contribution >= 4 is 17.8 Å². The quantitative estimate of drug-likeness (QED) is 0.0696. The van der Waals surface area contributed by atoms with Crippen LogP contribution in [0.2, 0.25) is 0 Å². The van der Waals surface area contributed by atoms with Gasteiger partial charge in [0.2, 0.25) is 0 Å². The molecule has 0 radical (unpaired) electrons. The molecule has 3 aliphatic rings. The van der Waals surface area contributed by atoms with E-state index in [1.54, 1.807) is 31.2 Å². The number of carbonyl (C=O) groups excluding carboxylic acids is 2. The van der Waals surface area contributed by atoms with E-state index in [4.69, 9.17) is 25.8 Å². The van der Waals surface area contributed by atoms with Crippen LogP contribution in [0.5, 0.6) is 5.75 Å². The zero-order valence-electron chi connectivity index (χ0n) is 18.6. The van der Waals surface area contributed by atoms with Gasteiger partial charge in [-0.05, 0) is 63.0 Å². The van der Waals surface area contributed by atoms with Gasteiger partial charge in [0.25, 0.3) is 5.91 Å². The van der Waals surface area contributed by atoms with E-state index >= 15 is 0 Å². The summed E-state index contributed by atoms with van der Waals surface area (Å²) in [6, 6.07) is 5.64. The van der Waals surface area contributed by atoms with Crippen molar-refractivity contribution in [2.45, 2.75) is 63.0 Å². The number of hydrazone groups is 1. The van der Waals surface area contributed by atoms with Crippen molar-refractivity contribution in [3.8, 4) is 5.75 Å². The summed E-state index contributed by atoms with van der Waals surface area (Å²) in [4.78, 5) is 25.2. The van der Waals surface area contributed by atoms with Crippen molar-refractivity contribution in [1.29, 1.82) is 0 Å². The van der Waals surface area contributed by atoms with Crippen molar-refractivity contribution in [2.24, 2.45) is 28.5 Å². The van der Waals surface area contributed by atoms with Gasteiger partial charge in [0.15, 0.2) is 0 Å². The summed E-state index contributed by atoms with van der Waals surface area (Å²) in [5, 5.41) is 17.6. The second-order valence-corrected chi connectivity index (χ2v) is 8.81. The summed E-state index contributed by atoms with van der Waals surface area (Å²) in [5.74, 6) is 3.36. The predicted molar refractivity (Wildman–Crippen MR) is 117 cm³/mol. The molecule has 1 aromatic rings. The van der Waals surface area contributed by atoms with Crippen molar-refractivity contribution in [1.82, 2.24) is 10.9 Å². The van der Waals surface area contributed by atoms with Crippen LogP contribution in [-0.2, 0) is 14.3 Å². The van der Waals surface area contributed by atoms with Gasteiger partial charge >= 0.3 is 11.9 Å². The Morgan fingerprint density at radius 2 is 2.15 bits per heavy atom. The van der Waals surface area contributed by atoms with Crippen LogP contribution in [0.1, 0.15) is 55.8 Å². The number of nitrogens with two attached hydrogens (primary N) is 2. The van der Waals surface area contributed by atoms with Crippen LogP contribution in [0.4, 0.5) is 0 Å². The zero-order chi connectivity index (χ0) is 23.6. The van der Waals surface area contributed by atoms with Gasteiger partial charge in [-0.15, -0.1) is 0 Å². The number of rotatable bonds is 8. The molecule has 11 nitrogen and oxygen atoms in total. The minimum absolute atomic E-state index is 0.0221. The van der Waals surface area contributed by atoms with Crippen LogP contribution in [0.3, 0.4) is 0 Å². The van der Waals surface area contributed by atoms with Crippen molar-refractivity contribution in [2.75, 3.05) is 6.61 Å². The molecule has 2 heterocycles. The lowest BCUT2D eigenvalue weighted by Gasteiger charge is -2.40. The molecule has 180 valence electrons. The highest BCUT2D eigenvalue weighted by molar-refractivity contribution is 5.93. The lowest BCUT2D eigenvalue weighted by atomic mass is 9.67. The topological polar surface area (TPSA) is 174 Å². The number of hydrogen-bond donors (Lipinski definition) is 5. The van der Waals surface area contributed by atoms with Gasteiger partial charge < -0.3 is 25.1 Å². The maximum Gasteiger partial charge on any atom is 0.341 e. The summed E-state index contributed by atoms with van der Waals surface area (Å²) in [6.07, 6.45) is 4.24. The first-order valence-electron chi connectivity index (χ1n) is 11.3. The first-order valence-corrected chi connectivity index (χ1v) is 11.3. The van der Waals surface area contributed by atoms with Gasteiger partial charge in [0, 0.05) is 6.42 Å². The molecule has 5 atom stereocenters. The average molecular weight is 462 g/mol. The maximum absolute atomic E-state index is 13.0. The Bertz CT molecular complexity index is 942. The Morgan fingerprint density at radius 1 is 1.36 bits per heavy atom. The summed E-state index contributed by atoms with van der Waals surface area (Å²) in [7, 11) is 0. The number of nitrogens with one attached hydrogen (secondary N) is 2. The Balaban J connectivity index is 1.42. The number of aliphatic hydroxyl groups is 1. The van der Waals surface area contributed by atoms with E-state index in [1.807, 2.05) is 0 Å². The molecule has 33 heavy (non-hydrogen) atoms. The van der Waals surface area contributed by atoms with Gasteiger partial charge in [0.05, 0.1) is 6.61 Å². The Kier molecular flexibility index (Phi) is 6.57. The van der Waals surface area contributed by atoms with Crippen molar-refractivity contribution in [3.63, 3.8) is 0 Å². The molecule has 2 aliphatic heterocycles. The molecule has 2 saturated heterocycles. The molecule has 3 fully saturated rings. The molecular formula is C22H31N5O6. The number of para-hydroxylation sites is 1. The van der Waals surface area contributed by atoms with Crippen LogP contribution in [-0.4, -0.2) is 47.0 Å². The first-order chi connectivity index (χ1) is 15.8. The van der Waals surface area contributed by atoms with Gasteiger partial charge in [0.1, 0.15) is 28.8 Å².